The average molecular weight is 455 g/mol. The third kappa shape index (κ3) is 3.63. The monoisotopic (exact) mass is 455 g/mol. The predicted molar refractivity (Wildman–Crippen MR) is 116 cm³/mol. The van der Waals surface area contributed by atoms with E-state index in [9.17, 15) is 29.7 Å². The number of rotatable bonds is 5. The Morgan fingerprint density at radius 1 is 1.12 bits per heavy atom. The molecule has 9 heteroatoms. The maximum absolute atomic E-state index is 13.2. The molecule has 2 atom stereocenters. The zero-order valence-electron chi connectivity index (χ0n) is 18.5. The molecule has 0 spiro atoms. The number of aliphatic hydroxyl groups excluding tert-OH is 1. The van der Waals surface area contributed by atoms with Crippen LogP contribution in [0.1, 0.15) is 61.9 Å². The van der Waals surface area contributed by atoms with Gasteiger partial charge in [-0.25, -0.2) is 0 Å². The van der Waals surface area contributed by atoms with Crippen molar-refractivity contribution in [2.24, 2.45) is 0 Å². The van der Waals surface area contributed by atoms with Gasteiger partial charge >= 0.3 is 5.97 Å². The van der Waals surface area contributed by atoms with Gasteiger partial charge in [-0.05, 0) is 50.1 Å². The first-order chi connectivity index (χ1) is 15.7. The molecule has 2 aliphatic rings. The van der Waals surface area contributed by atoms with E-state index in [4.69, 9.17) is 9.47 Å². The number of esters is 1. The van der Waals surface area contributed by atoms with Crippen molar-refractivity contribution in [1.82, 2.24) is 4.90 Å². The Morgan fingerprint density at radius 3 is 2.48 bits per heavy atom. The number of methoxy groups -OCH3 is 2. The number of carbonyl (C=O) groups is 3. The molecule has 2 aromatic rings. The van der Waals surface area contributed by atoms with Gasteiger partial charge in [-0.2, -0.15) is 0 Å². The second-order valence-corrected chi connectivity index (χ2v) is 8.30. The van der Waals surface area contributed by atoms with Crippen molar-refractivity contribution in [3.05, 3.63) is 51.6 Å². The summed E-state index contributed by atoms with van der Waals surface area (Å²) in [5, 5.41) is 32.1. The van der Waals surface area contributed by atoms with Crippen molar-refractivity contribution in [3.63, 3.8) is 0 Å². The number of ether oxygens (including phenoxy) is 2. The van der Waals surface area contributed by atoms with Crippen molar-refractivity contribution in [2.45, 2.75) is 31.9 Å². The Balaban J connectivity index is 1.77. The van der Waals surface area contributed by atoms with E-state index in [2.05, 4.69) is 0 Å². The van der Waals surface area contributed by atoms with Crippen molar-refractivity contribution in [2.75, 3.05) is 27.3 Å². The molecule has 0 aromatic heterocycles. The lowest BCUT2D eigenvalue weighted by Gasteiger charge is -2.28. The van der Waals surface area contributed by atoms with Crippen LogP contribution in [-0.4, -0.2) is 71.1 Å². The van der Waals surface area contributed by atoms with E-state index in [1.165, 1.54) is 32.4 Å². The predicted octanol–water partition coefficient (Wildman–Crippen LogP) is 1.86. The Hall–Kier alpha value is -3.43. The minimum absolute atomic E-state index is 0.0127. The van der Waals surface area contributed by atoms with Crippen LogP contribution in [0.15, 0.2) is 18.2 Å². The quantitative estimate of drug-likeness (QED) is 0.493. The first-order valence-electron chi connectivity index (χ1n) is 10.6. The average Bonchev–Trinajstić information content (AvgIpc) is 3.25. The Labute approximate surface area is 190 Å². The fourth-order valence-corrected chi connectivity index (χ4v) is 4.67. The molecule has 1 heterocycles. The smallest absolute Gasteiger partial charge is 0.323 e. The lowest BCUT2D eigenvalue weighted by molar-refractivity contribution is -0.146. The van der Waals surface area contributed by atoms with Crippen LogP contribution >= 0.6 is 0 Å². The SMILES string of the molecule is COC(=O)[C@H]1CCCN1C[C@@H](O)c1c(OC)cc2c(c1O)C(=O)c1cc(O)c(C)cc1C2=O. The third-order valence-electron chi connectivity index (χ3n) is 6.40. The number of phenols is 2. The molecule has 2 aromatic carbocycles. The fraction of sp³-hybridized carbons (Fsp3) is 0.375. The van der Waals surface area contributed by atoms with Gasteiger partial charge in [-0.3, -0.25) is 19.3 Å². The van der Waals surface area contributed by atoms with Crippen LogP contribution in [-0.2, 0) is 9.53 Å². The van der Waals surface area contributed by atoms with Gasteiger partial charge in [-0.1, -0.05) is 0 Å². The summed E-state index contributed by atoms with van der Waals surface area (Å²) in [6.07, 6.45) is 0.0116. The van der Waals surface area contributed by atoms with Gasteiger partial charge in [0.05, 0.1) is 31.5 Å². The van der Waals surface area contributed by atoms with Crippen LogP contribution in [0, 0.1) is 6.92 Å². The number of phenolic OH excluding ortho intramolecular Hbond substituents is 2. The maximum atomic E-state index is 13.2. The fourth-order valence-electron chi connectivity index (χ4n) is 4.67. The Kier molecular flexibility index (Phi) is 5.85. The standard InChI is InChI=1S/C24H25NO8/c1-11-7-12-13(8-16(11)26)22(29)19-14(21(12)28)9-18(32-2)20(23(19)30)17(27)10-25-6-4-5-15(25)24(31)33-3/h7-9,15,17,26-27,30H,4-6,10H2,1-3H3/t15-,17-/m1/s1. The molecule has 0 bridgehead atoms. The van der Waals surface area contributed by atoms with E-state index in [0.717, 1.165) is 6.42 Å². The number of aliphatic hydroxyl groups is 1. The molecule has 0 radical (unpaired) electrons. The topological polar surface area (TPSA) is 134 Å². The number of aromatic hydroxyl groups is 2. The summed E-state index contributed by atoms with van der Waals surface area (Å²) in [7, 11) is 2.63. The highest BCUT2D eigenvalue weighted by molar-refractivity contribution is 6.29. The summed E-state index contributed by atoms with van der Waals surface area (Å²) in [4.78, 5) is 40.1. The summed E-state index contributed by atoms with van der Waals surface area (Å²) < 4.78 is 10.2. The van der Waals surface area contributed by atoms with Crippen LogP contribution in [0.5, 0.6) is 17.2 Å². The van der Waals surface area contributed by atoms with E-state index < -0.39 is 35.4 Å². The van der Waals surface area contributed by atoms with E-state index in [1.54, 1.807) is 11.8 Å². The molecule has 1 aliphatic carbocycles. The highest BCUT2D eigenvalue weighted by Gasteiger charge is 2.38. The molecule has 9 nitrogen and oxygen atoms in total. The van der Waals surface area contributed by atoms with Crippen LogP contribution in [0.4, 0.5) is 0 Å². The molecule has 0 amide bonds. The lowest BCUT2D eigenvalue weighted by Crippen LogP contribution is -2.39. The van der Waals surface area contributed by atoms with E-state index in [1.807, 2.05) is 0 Å². The van der Waals surface area contributed by atoms with Gasteiger partial charge < -0.3 is 24.8 Å². The molecule has 0 saturated carbocycles. The van der Waals surface area contributed by atoms with Crippen molar-refractivity contribution in [3.8, 4) is 17.2 Å². The number of aryl methyl sites for hydroxylation is 1. The van der Waals surface area contributed by atoms with Crippen molar-refractivity contribution >= 4 is 17.5 Å². The van der Waals surface area contributed by atoms with Gasteiger partial charge in [0.1, 0.15) is 23.3 Å². The zero-order valence-corrected chi connectivity index (χ0v) is 18.5. The van der Waals surface area contributed by atoms with Gasteiger partial charge in [0.15, 0.2) is 11.6 Å². The molecular weight excluding hydrogens is 430 g/mol. The highest BCUT2D eigenvalue weighted by atomic mass is 16.5. The number of carbonyl (C=O) groups excluding carboxylic acids is 3. The number of hydrogen-bond donors (Lipinski definition) is 3. The minimum atomic E-state index is -1.31. The normalized spacial score (nSPS) is 18.6. The number of hydrogen-bond acceptors (Lipinski definition) is 9. The summed E-state index contributed by atoms with van der Waals surface area (Å²) in [6.45, 7) is 2.15. The van der Waals surface area contributed by atoms with E-state index in [0.29, 0.717) is 18.5 Å². The number of benzene rings is 2. The molecular formula is C24H25NO8. The number of likely N-dealkylation sites (tertiary alicyclic amines) is 1. The second-order valence-electron chi connectivity index (χ2n) is 8.30. The Bertz CT molecular complexity index is 1170. The summed E-state index contributed by atoms with van der Waals surface area (Å²) >= 11 is 0. The van der Waals surface area contributed by atoms with Crippen LogP contribution in [0.25, 0.3) is 0 Å². The van der Waals surface area contributed by atoms with E-state index in [-0.39, 0.29) is 45.9 Å². The highest BCUT2D eigenvalue weighted by Crippen LogP contribution is 2.44. The number of β-amino-alcohol motifs (C(OH)–C–C–N with tert-alkyl or cyclic N) is 1. The largest absolute Gasteiger partial charge is 0.508 e. The summed E-state index contributed by atoms with van der Waals surface area (Å²) in [6, 6.07) is 3.46. The molecule has 0 unspecified atom stereocenters. The molecule has 1 saturated heterocycles. The maximum Gasteiger partial charge on any atom is 0.323 e. The minimum Gasteiger partial charge on any atom is -0.508 e. The van der Waals surface area contributed by atoms with Crippen LogP contribution < -0.4 is 4.74 Å². The summed E-state index contributed by atoms with van der Waals surface area (Å²) in [5.41, 5.74) is 0.186. The molecule has 4 rings (SSSR count). The summed E-state index contributed by atoms with van der Waals surface area (Å²) in [5.74, 6) is -2.20. The molecule has 3 N–H and O–H groups in total. The van der Waals surface area contributed by atoms with Gasteiger partial charge in [0.25, 0.3) is 0 Å². The molecule has 33 heavy (non-hydrogen) atoms. The first-order valence-corrected chi connectivity index (χ1v) is 10.6. The lowest BCUT2D eigenvalue weighted by atomic mass is 9.81. The van der Waals surface area contributed by atoms with Crippen LogP contribution in [0.3, 0.4) is 0 Å². The third-order valence-corrected chi connectivity index (χ3v) is 6.40. The van der Waals surface area contributed by atoms with Gasteiger partial charge in [-0.15, -0.1) is 0 Å². The second kappa shape index (κ2) is 8.49. The van der Waals surface area contributed by atoms with Crippen molar-refractivity contribution < 1.29 is 39.2 Å². The van der Waals surface area contributed by atoms with Crippen molar-refractivity contribution in [1.29, 1.82) is 0 Å². The molecule has 1 aliphatic heterocycles. The molecule has 174 valence electrons. The molecule has 1 fully saturated rings. The van der Waals surface area contributed by atoms with Crippen LogP contribution in [0.2, 0.25) is 0 Å². The van der Waals surface area contributed by atoms with E-state index >= 15 is 0 Å². The number of nitrogens with zero attached hydrogens (tertiary/aromatic N) is 1. The van der Waals surface area contributed by atoms with Gasteiger partial charge in [0.2, 0.25) is 0 Å². The first kappa shape index (κ1) is 22.8. The zero-order chi connectivity index (χ0) is 24.0. The number of ketones is 2. The van der Waals surface area contributed by atoms with Gasteiger partial charge in [0, 0.05) is 23.2 Å². The number of fused-ring (bicyclic) bond motifs is 2. The Morgan fingerprint density at radius 2 is 1.82 bits per heavy atom.